The Kier molecular flexibility index (Phi) is 1.64. The molecule has 0 aromatic carbocycles. The SMILES string of the molecule is Cc1cncc(OC2CC2)c1N. The zero-order chi connectivity index (χ0) is 8.55. The monoisotopic (exact) mass is 164 g/mol. The lowest BCUT2D eigenvalue weighted by molar-refractivity contribution is 0.303. The quantitative estimate of drug-likeness (QED) is 0.720. The van der Waals surface area contributed by atoms with Crippen molar-refractivity contribution in [2.24, 2.45) is 0 Å². The van der Waals surface area contributed by atoms with Gasteiger partial charge < -0.3 is 10.5 Å². The molecule has 1 aliphatic rings. The molecule has 1 aromatic rings. The van der Waals surface area contributed by atoms with Crippen LogP contribution in [0.15, 0.2) is 12.4 Å². The summed E-state index contributed by atoms with van der Waals surface area (Å²) in [6.45, 7) is 1.93. The van der Waals surface area contributed by atoms with Gasteiger partial charge in [-0.15, -0.1) is 0 Å². The third-order valence-electron chi connectivity index (χ3n) is 1.97. The molecule has 1 saturated carbocycles. The molecule has 0 spiro atoms. The number of nitrogens with two attached hydrogens (primary N) is 1. The maximum absolute atomic E-state index is 5.79. The van der Waals surface area contributed by atoms with Crippen LogP contribution in [0.2, 0.25) is 0 Å². The Morgan fingerprint density at radius 1 is 1.50 bits per heavy atom. The van der Waals surface area contributed by atoms with Crippen LogP contribution in [-0.4, -0.2) is 11.1 Å². The van der Waals surface area contributed by atoms with Gasteiger partial charge in [-0.05, 0) is 25.3 Å². The fourth-order valence-corrected chi connectivity index (χ4v) is 1.01. The number of hydrogen-bond acceptors (Lipinski definition) is 3. The third-order valence-corrected chi connectivity index (χ3v) is 1.97. The first-order chi connectivity index (χ1) is 5.77. The standard InChI is InChI=1S/C9H12N2O/c1-6-4-11-5-8(9(6)10)12-7-2-3-7/h4-5,7H,2-3H2,1H3,(H2,10,11). The minimum absolute atomic E-state index is 0.385. The van der Waals surface area contributed by atoms with Gasteiger partial charge >= 0.3 is 0 Å². The van der Waals surface area contributed by atoms with E-state index in [9.17, 15) is 0 Å². The van der Waals surface area contributed by atoms with Crippen molar-refractivity contribution in [1.29, 1.82) is 0 Å². The molecule has 0 aliphatic heterocycles. The molecule has 0 bridgehead atoms. The molecule has 12 heavy (non-hydrogen) atoms. The van der Waals surface area contributed by atoms with Gasteiger partial charge in [0.05, 0.1) is 18.0 Å². The van der Waals surface area contributed by atoms with E-state index in [1.165, 1.54) is 0 Å². The number of ether oxygens (including phenoxy) is 1. The first-order valence-electron chi connectivity index (χ1n) is 4.14. The summed E-state index contributed by atoms with van der Waals surface area (Å²) in [6, 6.07) is 0. The fraction of sp³-hybridized carbons (Fsp3) is 0.444. The molecule has 1 fully saturated rings. The topological polar surface area (TPSA) is 48.1 Å². The highest BCUT2D eigenvalue weighted by Gasteiger charge is 2.24. The summed E-state index contributed by atoms with van der Waals surface area (Å²) in [5.41, 5.74) is 7.49. The van der Waals surface area contributed by atoms with E-state index in [1.807, 2.05) is 6.92 Å². The number of pyridine rings is 1. The van der Waals surface area contributed by atoms with Crippen LogP contribution in [0.5, 0.6) is 5.75 Å². The molecule has 1 heterocycles. The van der Waals surface area contributed by atoms with Gasteiger partial charge in [-0.25, -0.2) is 0 Å². The summed E-state index contributed by atoms with van der Waals surface area (Å²) in [7, 11) is 0. The molecule has 0 radical (unpaired) electrons. The van der Waals surface area contributed by atoms with Gasteiger partial charge in [0.1, 0.15) is 0 Å². The minimum atomic E-state index is 0.385. The van der Waals surface area contributed by atoms with Crippen molar-refractivity contribution in [2.75, 3.05) is 5.73 Å². The summed E-state index contributed by atoms with van der Waals surface area (Å²) in [5.74, 6) is 0.734. The number of nitrogen functional groups attached to an aromatic ring is 1. The first kappa shape index (κ1) is 7.40. The smallest absolute Gasteiger partial charge is 0.161 e. The lowest BCUT2D eigenvalue weighted by Crippen LogP contribution is -2.01. The van der Waals surface area contributed by atoms with E-state index in [0.717, 1.165) is 29.8 Å². The molecule has 0 unspecified atom stereocenters. The molecule has 3 nitrogen and oxygen atoms in total. The second-order valence-electron chi connectivity index (χ2n) is 3.19. The van der Waals surface area contributed by atoms with Crippen LogP contribution in [-0.2, 0) is 0 Å². The van der Waals surface area contributed by atoms with Crippen LogP contribution in [0, 0.1) is 6.92 Å². The average molecular weight is 164 g/mol. The van der Waals surface area contributed by atoms with Gasteiger partial charge in [-0.1, -0.05) is 0 Å². The van der Waals surface area contributed by atoms with Gasteiger partial charge in [0, 0.05) is 6.20 Å². The molecule has 2 rings (SSSR count). The van der Waals surface area contributed by atoms with Crippen LogP contribution >= 0.6 is 0 Å². The van der Waals surface area contributed by atoms with Gasteiger partial charge in [0.2, 0.25) is 0 Å². The van der Waals surface area contributed by atoms with Gasteiger partial charge in [0.15, 0.2) is 5.75 Å². The summed E-state index contributed by atoms with van der Waals surface area (Å²) < 4.78 is 5.55. The zero-order valence-electron chi connectivity index (χ0n) is 7.08. The van der Waals surface area contributed by atoms with E-state index in [2.05, 4.69) is 4.98 Å². The second kappa shape index (κ2) is 2.66. The Morgan fingerprint density at radius 3 is 2.92 bits per heavy atom. The maximum Gasteiger partial charge on any atom is 0.161 e. The molecule has 2 N–H and O–H groups in total. The van der Waals surface area contributed by atoms with Crippen LogP contribution < -0.4 is 10.5 Å². The summed E-state index contributed by atoms with van der Waals surface area (Å²) in [4.78, 5) is 4.02. The first-order valence-corrected chi connectivity index (χ1v) is 4.14. The van der Waals surface area contributed by atoms with Gasteiger partial charge in [-0.2, -0.15) is 0 Å². The number of hydrogen-bond donors (Lipinski definition) is 1. The van der Waals surface area contributed by atoms with Crippen molar-refractivity contribution in [2.45, 2.75) is 25.9 Å². The van der Waals surface area contributed by atoms with Gasteiger partial charge in [0.25, 0.3) is 0 Å². The maximum atomic E-state index is 5.79. The van der Waals surface area contributed by atoms with Crippen LogP contribution in [0.3, 0.4) is 0 Å². The lowest BCUT2D eigenvalue weighted by Gasteiger charge is -2.07. The molecule has 0 amide bonds. The number of aryl methyl sites for hydroxylation is 1. The summed E-state index contributed by atoms with van der Waals surface area (Å²) in [5, 5.41) is 0. The van der Waals surface area contributed by atoms with Crippen molar-refractivity contribution in [1.82, 2.24) is 4.98 Å². The van der Waals surface area contributed by atoms with E-state index in [-0.39, 0.29) is 0 Å². The summed E-state index contributed by atoms with van der Waals surface area (Å²) >= 11 is 0. The predicted molar refractivity (Wildman–Crippen MR) is 47.0 cm³/mol. The Bertz CT molecular complexity index is 295. The van der Waals surface area contributed by atoms with Gasteiger partial charge in [-0.3, -0.25) is 4.98 Å². The molecule has 1 aromatic heterocycles. The third kappa shape index (κ3) is 1.35. The predicted octanol–water partition coefficient (Wildman–Crippen LogP) is 1.51. The Morgan fingerprint density at radius 2 is 2.25 bits per heavy atom. The van der Waals surface area contributed by atoms with Crippen LogP contribution in [0.4, 0.5) is 5.69 Å². The number of anilines is 1. The second-order valence-corrected chi connectivity index (χ2v) is 3.19. The molecule has 64 valence electrons. The van der Waals surface area contributed by atoms with E-state index in [1.54, 1.807) is 12.4 Å². The molecule has 0 saturated heterocycles. The van der Waals surface area contributed by atoms with Crippen molar-refractivity contribution >= 4 is 5.69 Å². The van der Waals surface area contributed by atoms with Crippen molar-refractivity contribution in [3.05, 3.63) is 18.0 Å². The Balaban J connectivity index is 2.23. The molecule has 0 atom stereocenters. The van der Waals surface area contributed by atoms with E-state index in [0.29, 0.717) is 6.10 Å². The zero-order valence-corrected chi connectivity index (χ0v) is 7.08. The molecular weight excluding hydrogens is 152 g/mol. The van der Waals surface area contributed by atoms with Crippen molar-refractivity contribution < 1.29 is 4.74 Å². The van der Waals surface area contributed by atoms with E-state index in [4.69, 9.17) is 10.5 Å². The lowest BCUT2D eigenvalue weighted by atomic mass is 10.2. The average Bonchev–Trinajstić information content (AvgIpc) is 2.83. The highest BCUT2D eigenvalue weighted by molar-refractivity contribution is 5.56. The Labute approximate surface area is 71.6 Å². The van der Waals surface area contributed by atoms with Crippen LogP contribution in [0.1, 0.15) is 18.4 Å². The van der Waals surface area contributed by atoms with E-state index < -0.39 is 0 Å². The number of nitrogens with zero attached hydrogens (tertiary/aromatic N) is 1. The Hall–Kier alpha value is -1.25. The fourth-order valence-electron chi connectivity index (χ4n) is 1.01. The molecule has 1 aliphatic carbocycles. The normalized spacial score (nSPS) is 16.1. The largest absolute Gasteiger partial charge is 0.487 e. The van der Waals surface area contributed by atoms with Crippen molar-refractivity contribution in [3.8, 4) is 5.75 Å². The summed E-state index contributed by atoms with van der Waals surface area (Å²) in [6.07, 6.45) is 6.10. The number of rotatable bonds is 2. The highest BCUT2D eigenvalue weighted by Crippen LogP contribution is 2.30. The molecular formula is C9H12N2O. The highest BCUT2D eigenvalue weighted by atomic mass is 16.5. The number of aromatic nitrogens is 1. The minimum Gasteiger partial charge on any atom is -0.487 e. The molecule has 3 heteroatoms. The van der Waals surface area contributed by atoms with Crippen molar-refractivity contribution in [3.63, 3.8) is 0 Å². The van der Waals surface area contributed by atoms with Crippen LogP contribution in [0.25, 0.3) is 0 Å². The van der Waals surface area contributed by atoms with E-state index >= 15 is 0 Å².